The summed E-state index contributed by atoms with van der Waals surface area (Å²) in [4.78, 5) is 21.6. The van der Waals surface area contributed by atoms with Gasteiger partial charge in [0.15, 0.2) is 11.4 Å². The van der Waals surface area contributed by atoms with Crippen LogP contribution < -0.4 is 4.90 Å². The van der Waals surface area contributed by atoms with E-state index in [1.54, 1.807) is 29.4 Å². The Kier molecular flexibility index (Phi) is 4.91. The minimum absolute atomic E-state index is 0.122. The van der Waals surface area contributed by atoms with Crippen molar-refractivity contribution < 1.29 is 13.6 Å². The predicted molar refractivity (Wildman–Crippen MR) is 126 cm³/mol. The fourth-order valence-electron chi connectivity index (χ4n) is 4.25. The fourth-order valence-corrected chi connectivity index (χ4v) is 4.42. The molecule has 1 aliphatic heterocycles. The smallest absolute Gasteiger partial charge is 0.253 e. The van der Waals surface area contributed by atoms with Crippen molar-refractivity contribution in [2.75, 3.05) is 31.1 Å². The molecule has 0 radical (unpaired) electrons. The first kappa shape index (κ1) is 20.6. The number of anilines is 1. The van der Waals surface area contributed by atoms with E-state index in [9.17, 15) is 9.18 Å². The summed E-state index contributed by atoms with van der Waals surface area (Å²) < 4.78 is 20.7. The highest BCUT2D eigenvalue weighted by molar-refractivity contribution is 6.31. The number of nitrogens with zero attached hydrogens (tertiary/aromatic N) is 6. The van der Waals surface area contributed by atoms with Gasteiger partial charge in [0, 0.05) is 42.2 Å². The summed E-state index contributed by atoms with van der Waals surface area (Å²) in [6.45, 7) is 2.09. The van der Waals surface area contributed by atoms with Crippen LogP contribution in [0.25, 0.3) is 28.1 Å². The zero-order valence-electron chi connectivity index (χ0n) is 17.9. The molecule has 2 aromatic carbocycles. The van der Waals surface area contributed by atoms with Gasteiger partial charge in [-0.25, -0.2) is 13.8 Å². The lowest BCUT2D eigenvalue weighted by Crippen LogP contribution is -2.49. The van der Waals surface area contributed by atoms with Crippen LogP contribution in [0, 0.1) is 5.82 Å². The maximum atomic E-state index is 13.2. The molecule has 0 saturated carbocycles. The second kappa shape index (κ2) is 8.11. The second-order valence-electron chi connectivity index (χ2n) is 8.02. The normalized spacial score (nSPS) is 14.3. The van der Waals surface area contributed by atoms with Gasteiger partial charge in [-0.2, -0.15) is 0 Å². The van der Waals surface area contributed by atoms with Gasteiger partial charge in [-0.1, -0.05) is 11.6 Å². The molecule has 1 aliphatic rings. The van der Waals surface area contributed by atoms with E-state index in [-0.39, 0.29) is 11.7 Å². The molecule has 10 heteroatoms. The molecule has 170 valence electrons. The van der Waals surface area contributed by atoms with Gasteiger partial charge in [0.05, 0.1) is 11.8 Å². The van der Waals surface area contributed by atoms with Gasteiger partial charge in [-0.3, -0.25) is 4.79 Å². The van der Waals surface area contributed by atoms with E-state index in [0.29, 0.717) is 65.5 Å². The van der Waals surface area contributed by atoms with E-state index in [0.717, 1.165) is 5.39 Å². The van der Waals surface area contributed by atoms with Crippen molar-refractivity contribution >= 4 is 40.0 Å². The number of rotatable bonds is 3. The van der Waals surface area contributed by atoms with Crippen molar-refractivity contribution in [3.05, 3.63) is 77.3 Å². The van der Waals surface area contributed by atoms with Crippen LogP contribution in [0.15, 0.2) is 65.3 Å². The number of furan rings is 1. The lowest BCUT2D eigenvalue weighted by atomic mass is 10.2. The van der Waals surface area contributed by atoms with E-state index in [1.807, 2.05) is 16.5 Å². The second-order valence-corrected chi connectivity index (χ2v) is 8.46. The third-order valence-electron chi connectivity index (χ3n) is 5.97. The standard InChI is InChI=1S/C24H18ClFN6O2/c25-16-5-8-18-19(14-16)27-24(32-21(18)28-29-22(32)20-2-1-13-34-20)31-11-9-30(10-12-31)23(33)15-3-6-17(26)7-4-15/h1-8,13-14H,9-12H2. The van der Waals surface area contributed by atoms with Crippen molar-refractivity contribution in [3.8, 4) is 11.6 Å². The van der Waals surface area contributed by atoms with Gasteiger partial charge >= 0.3 is 0 Å². The number of carbonyl (C=O) groups is 1. The summed E-state index contributed by atoms with van der Waals surface area (Å²) in [5.41, 5.74) is 1.82. The van der Waals surface area contributed by atoms with E-state index in [4.69, 9.17) is 21.0 Å². The third-order valence-corrected chi connectivity index (χ3v) is 6.20. The van der Waals surface area contributed by atoms with Gasteiger partial charge < -0.3 is 14.2 Å². The molecule has 0 aliphatic carbocycles. The molecule has 6 rings (SSSR count). The number of amides is 1. The third kappa shape index (κ3) is 3.45. The monoisotopic (exact) mass is 476 g/mol. The molecule has 3 aromatic heterocycles. The van der Waals surface area contributed by atoms with Crippen LogP contribution in [-0.2, 0) is 0 Å². The van der Waals surface area contributed by atoms with Crippen molar-refractivity contribution in [1.29, 1.82) is 0 Å². The van der Waals surface area contributed by atoms with E-state index < -0.39 is 0 Å². The minimum atomic E-state index is -0.367. The fraction of sp³-hybridized carbons (Fsp3) is 0.167. The quantitative estimate of drug-likeness (QED) is 0.386. The summed E-state index contributed by atoms with van der Waals surface area (Å²) in [7, 11) is 0. The van der Waals surface area contributed by atoms with Crippen molar-refractivity contribution in [2.45, 2.75) is 0 Å². The van der Waals surface area contributed by atoms with Crippen LogP contribution in [0.1, 0.15) is 10.4 Å². The Morgan fingerprint density at radius 3 is 2.53 bits per heavy atom. The topological polar surface area (TPSA) is 79.8 Å². The van der Waals surface area contributed by atoms with Crippen LogP contribution in [0.3, 0.4) is 0 Å². The molecule has 4 heterocycles. The van der Waals surface area contributed by atoms with Crippen LogP contribution in [-0.4, -0.2) is 56.6 Å². The highest BCUT2D eigenvalue weighted by Crippen LogP contribution is 2.30. The molecular weight excluding hydrogens is 459 g/mol. The number of piperazine rings is 1. The Morgan fingerprint density at radius 2 is 1.79 bits per heavy atom. The summed E-state index contributed by atoms with van der Waals surface area (Å²) >= 11 is 6.24. The molecule has 1 amide bonds. The molecule has 5 aromatic rings. The summed E-state index contributed by atoms with van der Waals surface area (Å²) in [5, 5.41) is 10.2. The first-order valence-electron chi connectivity index (χ1n) is 10.8. The number of benzene rings is 2. The molecule has 1 saturated heterocycles. The number of halogens is 2. The maximum absolute atomic E-state index is 13.2. The van der Waals surface area contributed by atoms with Crippen LogP contribution >= 0.6 is 11.6 Å². The summed E-state index contributed by atoms with van der Waals surface area (Å²) in [5.74, 6) is 1.28. The van der Waals surface area contributed by atoms with E-state index in [1.165, 1.54) is 24.3 Å². The Balaban J connectivity index is 1.37. The van der Waals surface area contributed by atoms with Crippen LogP contribution in [0.5, 0.6) is 0 Å². The average Bonchev–Trinajstić information content (AvgIpc) is 3.54. The molecule has 0 spiro atoms. The zero-order valence-corrected chi connectivity index (χ0v) is 18.6. The van der Waals surface area contributed by atoms with E-state index in [2.05, 4.69) is 15.1 Å². The molecule has 0 unspecified atom stereocenters. The van der Waals surface area contributed by atoms with Gasteiger partial charge in [-0.15, -0.1) is 10.2 Å². The average molecular weight is 477 g/mol. The van der Waals surface area contributed by atoms with Crippen LogP contribution in [0.4, 0.5) is 10.3 Å². The highest BCUT2D eigenvalue weighted by atomic mass is 35.5. The first-order chi connectivity index (χ1) is 16.6. The number of aromatic nitrogens is 4. The highest BCUT2D eigenvalue weighted by Gasteiger charge is 2.27. The maximum Gasteiger partial charge on any atom is 0.253 e. The summed E-state index contributed by atoms with van der Waals surface area (Å²) in [6.07, 6.45) is 1.59. The molecule has 8 nitrogen and oxygen atoms in total. The van der Waals surface area contributed by atoms with Crippen molar-refractivity contribution in [1.82, 2.24) is 24.5 Å². The minimum Gasteiger partial charge on any atom is -0.461 e. The Hall–Kier alpha value is -3.98. The number of fused-ring (bicyclic) bond motifs is 3. The van der Waals surface area contributed by atoms with Gasteiger partial charge in [0.2, 0.25) is 11.8 Å². The van der Waals surface area contributed by atoms with Gasteiger partial charge in [0.1, 0.15) is 5.82 Å². The van der Waals surface area contributed by atoms with E-state index >= 15 is 0 Å². The molecule has 34 heavy (non-hydrogen) atoms. The van der Waals surface area contributed by atoms with Gasteiger partial charge in [0.25, 0.3) is 5.91 Å². The Morgan fingerprint density at radius 1 is 1.00 bits per heavy atom. The number of hydrogen-bond acceptors (Lipinski definition) is 6. The first-order valence-corrected chi connectivity index (χ1v) is 11.1. The summed E-state index contributed by atoms with van der Waals surface area (Å²) in [6, 6.07) is 14.7. The molecule has 0 N–H and O–H groups in total. The molecule has 1 fully saturated rings. The zero-order chi connectivity index (χ0) is 23.2. The van der Waals surface area contributed by atoms with Crippen LogP contribution in [0.2, 0.25) is 5.02 Å². The van der Waals surface area contributed by atoms with Gasteiger partial charge in [-0.05, 0) is 54.6 Å². The Bertz CT molecular complexity index is 1510. The lowest BCUT2D eigenvalue weighted by Gasteiger charge is -2.35. The Labute approximate surface area is 198 Å². The van der Waals surface area contributed by atoms with Crippen molar-refractivity contribution in [3.63, 3.8) is 0 Å². The predicted octanol–water partition coefficient (Wildman–Crippen LogP) is 4.29. The lowest BCUT2D eigenvalue weighted by molar-refractivity contribution is 0.0746. The largest absolute Gasteiger partial charge is 0.461 e. The molecule has 0 atom stereocenters. The molecule has 0 bridgehead atoms. The number of carbonyl (C=O) groups excluding carboxylic acids is 1. The van der Waals surface area contributed by atoms with Crippen molar-refractivity contribution in [2.24, 2.45) is 0 Å². The molecular formula is C24H18ClFN6O2. The SMILES string of the molecule is O=C(c1ccc(F)cc1)N1CCN(c2nc3cc(Cl)ccc3c3nnc(-c4ccco4)n23)CC1. The number of hydrogen-bond donors (Lipinski definition) is 0.